The summed E-state index contributed by atoms with van der Waals surface area (Å²) in [4.78, 5) is 26.8. The number of H-pyrrole nitrogens is 1. The first-order valence-electron chi connectivity index (χ1n) is 12.2. The number of carbonyl (C=O) groups excluding carboxylic acids is 1. The minimum absolute atomic E-state index is 0.0436. The molecule has 0 amide bonds. The van der Waals surface area contributed by atoms with Gasteiger partial charge < -0.3 is 14.5 Å². The molecule has 1 aliphatic carbocycles. The van der Waals surface area contributed by atoms with E-state index >= 15 is 0 Å². The van der Waals surface area contributed by atoms with Gasteiger partial charge in [0.25, 0.3) is 0 Å². The molecule has 1 saturated carbocycles. The second-order valence-electron chi connectivity index (χ2n) is 9.68. The van der Waals surface area contributed by atoms with Crippen LogP contribution in [0.4, 0.5) is 4.39 Å². The number of carbonyl (C=O) groups is 1. The second kappa shape index (κ2) is 9.71. The number of aromatic amines is 1. The van der Waals surface area contributed by atoms with Crippen molar-refractivity contribution in [2.75, 3.05) is 20.2 Å². The summed E-state index contributed by atoms with van der Waals surface area (Å²) in [6.07, 6.45) is 0. The van der Waals surface area contributed by atoms with Crippen molar-refractivity contribution in [2.45, 2.75) is 19.1 Å². The predicted octanol–water partition coefficient (Wildman–Crippen LogP) is 4.83. The van der Waals surface area contributed by atoms with E-state index in [0.717, 1.165) is 24.6 Å². The maximum atomic E-state index is 14.2. The van der Waals surface area contributed by atoms with Crippen molar-refractivity contribution in [3.8, 4) is 11.9 Å². The van der Waals surface area contributed by atoms with Gasteiger partial charge in [-0.3, -0.25) is 4.90 Å². The van der Waals surface area contributed by atoms with Gasteiger partial charge in [0, 0.05) is 36.3 Å². The molecule has 192 valence electrons. The van der Waals surface area contributed by atoms with Gasteiger partial charge in [-0.15, -0.1) is 0 Å². The fraction of sp³-hybridized carbons (Fsp3) is 0.286. The number of benzene rings is 2. The SMILES string of the molecule is COC(=O)c1cc(Cl)c2nc(CN3CC4C(C3)C4c3cccc(OCc4ccc(C#N)cc4F)n3)[nH]c2c1. The van der Waals surface area contributed by atoms with Gasteiger partial charge in [-0.25, -0.2) is 19.2 Å². The lowest BCUT2D eigenvalue weighted by molar-refractivity contribution is 0.0601. The van der Waals surface area contributed by atoms with Gasteiger partial charge in [-0.05, 0) is 42.2 Å². The largest absolute Gasteiger partial charge is 0.473 e. The molecule has 38 heavy (non-hydrogen) atoms. The number of hydrogen-bond acceptors (Lipinski definition) is 7. The Morgan fingerprint density at radius 2 is 2.03 bits per heavy atom. The first-order valence-corrected chi connectivity index (χ1v) is 12.6. The molecule has 1 N–H and O–H groups in total. The number of fused-ring (bicyclic) bond motifs is 2. The zero-order valence-electron chi connectivity index (χ0n) is 20.4. The van der Waals surface area contributed by atoms with E-state index in [1.54, 1.807) is 30.3 Å². The molecular weight excluding hydrogens is 509 g/mol. The van der Waals surface area contributed by atoms with E-state index in [1.165, 1.54) is 13.2 Å². The number of methoxy groups -OCH3 is 1. The van der Waals surface area contributed by atoms with Gasteiger partial charge >= 0.3 is 5.97 Å². The number of halogens is 2. The van der Waals surface area contributed by atoms with Crippen molar-refractivity contribution in [1.29, 1.82) is 5.26 Å². The number of pyridine rings is 1. The molecule has 2 unspecified atom stereocenters. The molecule has 2 aliphatic rings. The zero-order chi connectivity index (χ0) is 26.4. The highest BCUT2D eigenvalue weighted by Gasteiger charge is 2.56. The van der Waals surface area contributed by atoms with Crippen molar-refractivity contribution in [1.82, 2.24) is 19.9 Å². The lowest BCUT2D eigenvalue weighted by Crippen LogP contribution is -2.24. The first-order chi connectivity index (χ1) is 18.4. The standard InChI is InChI=1S/C28H23ClFN5O3/c1-37-28(36)17-8-20(29)27-23(9-17)32-24(34-27)13-35-11-18-19(12-35)26(18)22-3-2-4-25(33-22)38-14-16-6-5-15(10-31)7-21(16)30/h2-9,18-19,26H,11-14H2,1H3,(H,32,34). The van der Waals surface area contributed by atoms with Gasteiger partial charge in [0.2, 0.25) is 5.88 Å². The van der Waals surface area contributed by atoms with E-state index in [-0.39, 0.29) is 12.2 Å². The van der Waals surface area contributed by atoms with E-state index in [4.69, 9.17) is 26.3 Å². The van der Waals surface area contributed by atoms with Gasteiger partial charge in [0.1, 0.15) is 23.8 Å². The van der Waals surface area contributed by atoms with E-state index in [2.05, 4.69) is 19.9 Å². The summed E-state index contributed by atoms with van der Waals surface area (Å²) in [5, 5.41) is 9.30. The molecule has 4 aromatic rings. The molecule has 0 radical (unpaired) electrons. The van der Waals surface area contributed by atoms with Crippen LogP contribution in [0.2, 0.25) is 5.02 Å². The molecule has 2 fully saturated rings. The van der Waals surface area contributed by atoms with E-state index < -0.39 is 11.8 Å². The topological polar surface area (TPSA) is 104 Å². The van der Waals surface area contributed by atoms with Crippen molar-refractivity contribution in [3.63, 3.8) is 0 Å². The summed E-state index contributed by atoms with van der Waals surface area (Å²) in [5.74, 6) is 1.73. The van der Waals surface area contributed by atoms with Crippen molar-refractivity contribution in [3.05, 3.63) is 87.6 Å². The Bertz CT molecular complexity index is 1590. The number of piperidine rings is 1. The average Bonchev–Trinajstić information content (AvgIpc) is 3.21. The number of ether oxygens (including phenoxy) is 2. The summed E-state index contributed by atoms with van der Waals surface area (Å²) >= 11 is 6.35. The number of likely N-dealkylation sites (tertiary alicyclic amines) is 1. The van der Waals surface area contributed by atoms with Crippen molar-refractivity contribution >= 4 is 28.6 Å². The fourth-order valence-electron chi connectivity index (χ4n) is 5.41. The summed E-state index contributed by atoms with van der Waals surface area (Å²) in [7, 11) is 1.34. The lowest BCUT2D eigenvalue weighted by atomic mass is 10.1. The molecule has 1 saturated heterocycles. The smallest absolute Gasteiger partial charge is 0.337 e. The third-order valence-electron chi connectivity index (χ3n) is 7.30. The van der Waals surface area contributed by atoms with Crippen LogP contribution in [0.3, 0.4) is 0 Å². The maximum Gasteiger partial charge on any atom is 0.337 e. The zero-order valence-corrected chi connectivity index (χ0v) is 21.2. The summed E-state index contributed by atoms with van der Waals surface area (Å²) in [6.45, 7) is 2.56. The molecule has 8 nitrogen and oxygen atoms in total. The second-order valence-corrected chi connectivity index (χ2v) is 10.1. The van der Waals surface area contributed by atoms with Crippen LogP contribution in [0.25, 0.3) is 11.0 Å². The predicted molar refractivity (Wildman–Crippen MR) is 137 cm³/mol. The molecular formula is C28H23ClFN5O3. The quantitative estimate of drug-likeness (QED) is 0.340. The maximum absolute atomic E-state index is 14.2. The lowest BCUT2D eigenvalue weighted by Gasteiger charge is -2.18. The van der Waals surface area contributed by atoms with E-state index in [1.807, 2.05) is 18.2 Å². The number of rotatable bonds is 7. The summed E-state index contributed by atoms with van der Waals surface area (Å²) in [5.41, 5.74) is 3.37. The van der Waals surface area contributed by atoms with Crippen LogP contribution in [-0.4, -0.2) is 46.0 Å². The number of imidazole rings is 1. The number of nitriles is 1. The number of hydrogen-bond donors (Lipinski definition) is 1. The third kappa shape index (κ3) is 4.57. The molecule has 2 aromatic heterocycles. The first kappa shape index (κ1) is 24.3. The van der Waals surface area contributed by atoms with Crippen LogP contribution in [-0.2, 0) is 17.9 Å². The minimum Gasteiger partial charge on any atom is -0.473 e. The molecule has 3 heterocycles. The van der Waals surface area contributed by atoms with Crippen LogP contribution in [0, 0.1) is 29.0 Å². The van der Waals surface area contributed by atoms with Crippen molar-refractivity contribution < 1.29 is 18.7 Å². The Hall–Kier alpha value is -4.00. The Kier molecular flexibility index (Phi) is 6.22. The van der Waals surface area contributed by atoms with Crippen LogP contribution in [0.1, 0.15) is 38.9 Å². The molecule has 1 aliphatic heterocycles. The number of aromatic nitrogens is 3. The van der Waals surface area contributed by atoms with Gasteiger partial charge in [-0.1, -0.05) is 23.7 Å². The van der Waals surface area contributed by atoms with Gasteiger partial charge in [-0.2, -0.15) is 5.26 Å². The van der Waals surface area contributed by atoms with Crippen LogP contribution < -0.4 is 4.74 Å². The highest BCUT2D eigenvalue weighted by molar-refractivity contribution is 6.35. The fourth-order valence-corrected chi connectivity index (χ4v) is 5.67. The molecule has 10 heteroatoms. The summed E-state index contributed by atoms with van der Waals surface area (Å²) in [6, 6.07) is 15.2. The van der Waals surface area contributed by atoms with Crippen LogP contribution in [0.15, 0.2) is 48.5 Å². The summed E-state index contributed by atoms with van der Waals surface area (Å²) < 4.78 is 24.7. The van der Waals surface area contributed by atoms with E-state index in [0.29, 0.717) is 57.4 Å². The van der Waals surface area contributed by atoms with Crippen LogP contribution >= 0.6 is 11.6 Å². The molecule has 6 rings (SSSR count). The molecule has 0 bridgehead atoms. The average molecular weight is 532 g/mol. The Balaban J connectivity index is 1.07. The molecule has 0 spiro atoms. The molecule has 2 atom stereocenters. The Morgan fingerprint density at radius 3 is 2.76 bits per heavy atom. The number of nitrogens with one attached hydrogen (secondary N) is 1. The highest BCUT2D eigenvalue weighted by atomic mass is 35.5. The van der Waals surface area contributed by atoms with Gasteiger partial charge in [0.05, 0.1) is 41.4 Å². The molecule has 2 aromatic carbocycles. The van der Waals surface area contributed by atoms with E-state index in [9.17, 15) is 9.18 Å². The Labute approximate surface area is 223 Å². The number of nitrogens with zero attached hydrogens (tertiary/aromatic N) is 4. The minimum atomic E-state index is -0.465. The van der Waals surface area contributed by atoms with Crippen molar-refractivity contribution in [2.24, 2.45) is 11.8 Å². The number of esters is 1. The Morgan fingerprint density at radius 1 is 1.21 bits per heavy atom. The highest BCUT2D eigenvalue weighted by Crippen LogP contribution is 2.58. The van der Waals surface area contributed by atoms with Gasteiger partial charge in [0.15, 0.2) is 0 Å². The van der Waals surface area contributed by atoms with Crippen LogP contribution in [0.5, 0.6) is 5.88 Å². The third-order valence-corrected chi connectivity index (χ3v) is 7.59. The normalized spacial score (nSPS) is 20.2. The monoisotopic (exact) mass is 531 g/mol.